The topological polar surface area (TPSA) is 30.3 Å². The number of quaternary nitrogens is 2. The van der Waals surface area contributed by atoms with Gasteiger partial charge in [-0.2, -0.15) is 0 Å². The monoisotopic (exact) mass is 202 g/mol. The number of nitrogens with one attached hydrogen (secondary N) is 1. The van der Waals surface area contributed by atoms with Crippen molar-refractivity contribution in [2.75, 3.05) is 45.9 Å². The maximum absolute atomic E-state index is 5.33. The first kappa shape index (κ1) is 12.0. The molecule has 1 saturated heterocycles. The summed E-state index contributed by atoms with van der Waals surface area (Å²) < 4.78 is 5.33. The minimum atomic E-state index is 0.967. The first-order valence-corrected chi connectivity index (χ1v) is 6.16. The van der Waals surface area contributed by atoms with Crippen LogP contribution < -0.4 is 10.2 Å². The zero-order valence-corrected chi connectivity index (χ0v) is 9.56. The molecule has 0 bridgehead atoms. The fourth-order valence-electron chi connectivity index (χ4n) is 1.90. The number of rotatable bonds is 7. The van der Waals surface area contributed by atoms with Gasteiger partial charge < -0.3 is 15.0 Å². The van der Waals surface area contributed by atoms with Gasteiger partial charge in [-0.1, -0.05) is 13.3 Å². The smallest absolute Gasteiger partial charge is 0.101 e. The van der Waals surface area contributed by atoms with Crippen LogP contribution >= 0.6 is 0 Å². The summed E-state index contributed by atoms with van der Waals surface area (Å²) in [4.78, 5) is 1.74. The number of morpholine rings is 1. The van der Waals surface area contributed by atoms with Crippen molar-refractivity contribution in [2.24, 2.45) is 0 Å². The van der Waals surface area contributed by atoms with E-state index in [0.29, 0.717) is 0 Å². The van der Waals surface area contributed by atoms with E-state index in [1.807, 2.05) is 0 Å². The Kier molecular flexibility index (Phi) is 7.01. The van der Waals surface area contributed by atoms with Crippen LogP contribution in [0, 0.1) is 0 Å². The molecule has 0 spiro atoms. The van der Waals surface area contributed by atoms with Crippen LogP contribution in [0.4, 0.5) is 0 Å². The summed E-state index contributed by atoms with van der Waals surface area (Å²) in [6.45, 7) is 10.6. The van der Waals surface area contributed by atoms with Crippen LogP contribution in [0.15, 0.2) is 0 Å². The van der Waals surface area contributed by atoms with Crippen LogP contribution in [-0.4, -0.2) is 45.9 Å². The van der Waals surface area contributed by atoms with Crippen LogP contribution in [0.5, 0.6) is 0 Å². The Hall–Kier alpha value is -0.120. The van der Waals surface area contributed by atoms with Crippen molar-refractivity contribution < 1.29 is 15.0 Å². The summed E-state index contributed by atoms with van der Waals surface area (Å²) >= 11 is 0. The Labute approximate surface area is 87.8 Å². The lowest BCUT2D eigenvalue weighted by Crippen LogP contribution is -3.14. The lowest BCUT2D eigenvalue weighted by Gasteiger charge is -2.23. The van der Waals surface area contributed by atoms with Crippen LogP contribution in [0.25, 0.3) is 0 Å². The van der Waals surface area contributed by atoms with Gasteiger partial charge in [-0.3, -0.25) is 0 Å². The fourth-order valence-corrected chi connectivity index (χ4v) is 1.90. The molecule has 1 heterocycles. The molecule has 0 saturated carbocycles. The van der Waals surface area contributed by atoms with E-state index in [0.717, 1.165) is 13.2 Å². The van der Waals surface area contributed by atoms with Gasteiger partial charge >= 0.3 is 0 Å². The second kappa shape index (κ2) is 8.21. The summed E-state index contributed by atoms with van der Waals surface area (Å²) in [6.07, 6.45) is 4.05. The predicted molar refractivity (Wildman–Crippen MR) is 57.6 cm³/mol. The third kappa shape index (κ3) is 5.58. The van der Waals surface area contributed by atoms with Crippen molar-refractivity contribution in [1.82, 2.24) is 0 Å². The highest BCUT2D eigenvalue weighted by atomic mass is 16.5. The van der Waals surface area contributed by atoms with Gasteiger partial charge in [0.1, 0.15) is 13.1 Å². The molecule has 0 radical (unpaired) electrons. The van der Waals surface area contributed by atoms with Gasteiger partial charge in [0, 0.05) is 6.42 Å². The van der Waals surface area contributed by atoms with Gasteiger partial charge in [0.15, 0.2) is 0 Å². The molecule has 0 aromatic carbocycles. The summed E-state index contributed by atoms with van der Waals surface area (Å²) in [7, 11) is 0. The average molecular weight is 202 g/mol. The summed E-state index contributed by atoms with van der Waals surface area (Å²) in [5, 5.41) is 2.46. The Morgan fingerprint density at radius 3 is 2.57 bits per heavy atom. The fraction of sp³-hybridized carbons (Fsp3) is 1.00. The van der Waals surface area contributed by atoms with Gasteiger partial charge in [-0.15, -0.1) is 0 Å². The molecule has 1 aliphatic heterocycles. The number of hydrogen-bond acceptors (Lipinski definition) is 1. The highest BCUT2D eigenvalue weighted by Crippen LogP contribution is 1.78. The molecule has 84 valence electrons. The molecule has 1 fully saturated rings. The van der Waals surface area contributed by atoms with Crippen molar-refractivity contribution in [3.63, 3.8) is 0 Å². The molecule has 0 aliphatic carbocycles. The van der Waals surface area contributed by atoms with E-state index in [1.54, 1.807) is 4.90 Å². The first-order valence-electron chi connectivity index (χ1n) is 6.16. The maximum Gasteiger partial charge on any atom is 0.101 e. The van der Waals surface area contributed by atoms with Gasteiger partial charge in [0.25, 0.3) is 0 Å². The number of ether oxygens (including phenoxy) is 1. The zero-order valence-electron chi connectivity index (χ0n) is 9.56. The molecule has 14 heavy (non-hydrogen) atoms. The van der Waals surface area contributed by atoms with Gasteiger partial charge in [-0.05, 0) is 6.42 Å². The molecule has 1 rings (SSSR count). The molecule has 1 aliphatic rings. The maximum atomic E-state index is 5.33. The average Bonchev–Trinajstić information content (AvgIpc) is 2.25. The minimum absolute atomic E-state index is 0.967. The van der Waals surface area contributed by atoms with Crippen molar-refractivity contribution in [3.05, 3.63) is 0 Å². The third-order valence-corrected chi connectivity index (χ3v) is 2.90. The molecular formula is C11H26N2O+2. The quantitative estimate of drug-likeness (QED) is 0.492. The van der Waals surface area contributed by atoms with Gasteiger partial charge in [0.2, 0.25) is 0 Å². The summed E-state index contributed by atoms with van der Waals surface area (Å²) in [5.74, 6) is 0. The Morgan fingerprint density at radius 2 is 1.86 bits per heavy atom. The third-order valence-electron chi connectivity index (χ3n) is 2.90. The molecular weight excluding hydrogens is 176 g/mol. The molecule has 0 atom stereocenters. The SMILES string of the molecule is CCCC[NH2+]CCC[NH+]1CCOCC1. The molecule has 0 aromatic rings. The summed E-state index contributed by atoms with van der Waals surface area (Å²) in [5.41, 5.74) is 0. The van der Waals surface area contributed by atoms with E-state index in [9.17, 15) is 0 Å². The number of unbranched alkanes of at least 4 members (excludes halogenated alkanes) is 1. The molecule has 3 heteroatoms. The first-order chi connectivity index (χ1) is 6.93. The van der Waals surface area contributed by atoms with E-state index < -0.39 is 0 Å². The largest absolute Gasteiger partial charge is 0.370 e. The molecule has 0 aromatic heterocycles. The van der Waals surface area contributed by atoms with E-state index in [-0.39, 0.29) is 0 Å². The van der Waals surface area contributed by atoms with Crippen LogP contribution in [-0.2, 0) is 4.74 Å². The molecule has 0 unspecified atom stereocenters. The standard InChI is InChI=1S/C11H24N2O/c1-2-3-5-12-6-4-7-13-8-10-14-11-9-13/h12H,2-11H2,1H3/p+2. The summed E-state index contributed by atoms with van der Waals surface area (Å²) in [6, 6.07) is 0. The highest BCUT2D eigenvalue weighted by molar-refractivity contribution is 4.39. The second-order valence-electron chi connectivity index (χ2n) is 4.19. The Morgan fingerprint density at radius 1 is 1.14 bits per heavy atom. The van der Waals surface area contributed by atoms with Crippen LogP contribution in [0.3, 0.4) is 0 Å². The van der Waals surface area contributed by atoms with Crippen molar-refractivity contribution >= 4 is 0 Å². The van der Waals surface area contributed by atoms with Gasteiger partial charge in [0.05, 0.1) is 32.8 Å². The van der Waals surface area contributed by atoms with Crippen LogP contribution in [0.2, 0.25) is 0 Å². The number of nitrogens with two attached hydrogens (primary N) is 1. The number of hydrogen-bond donors (Lipinski definition) is 2. The lowest BCUT2D eigenvalue weighted by atomic mass is 10.3. The Bertz CT molecular complexity index is 124. The Balaban J connectivity index is 1.82. The molecule has 0 amide bonds. The lowest BCUT2D eigenvalue weighted by molar-refractivity contribution is -0.909. The zero-order chi connectivity index (χ0) is 10.1. The molecule has 3 N–H and O–H groups in total. The van der Waals surface area contributed by atoms with Crippen molar-refractivity contribution in [1.29, 1.82) is 0 Å². The predicted octanol–water partition coefficient (Wildman–Crippen LogP) is -1.34. The van der Waals surface area contributed by atoms with E-state index in [1.165, 1.54) is 52.0 Å². The van der Waals surface area contributed by atoms with E-state index >= 15 is 0 Å². The van der Waals surface area contributed by atoms with Crippen molar-refractivity contribution in [2.45, 2.75) is 26.2 Å². The normalized spacial score (nSPS) is 18.6. The van der Waals surface area contributed by atoms with E-state index in [2.05, 4.69) is 12.2 Å². The van der Waals surface area contributed by atoms with Crippen LogP contribution in [0.1, 0.15) is 26.2 Å². The van der Waals surface area contributed by atoms with Crippen molar-refractivity contribution in [3.8, 4) is 0 Å². The highest BCUT2D eigenvalue weighted by Gasteiger charge is 2.12. The minimum Gasteiger partial charge on any atom is -0.370 e. The van der Waals surface area contributed by atoms with E-state index in [4.69, 9.17) is 4.74 Å². The second-order valence-corrected chi connectivity index (χ2v) is 4.19. The van der Waals surface area contributed by atoms with Gasteiger partial charge in [-0.25, -0.2) is 0 Å². The molecule has 3 nitrogen and oxygen atoms in total.